The Hall–Kier alpha value is -1.52. The van der Waals surface area contributed by atoms with Crippen LogP contribution in [-0.4, -0.2) is 34.9 Å². The van der Waals surface area contributed by atoms with E-state index < -0.39 is 6.10 Å². The Morgan fingerprint density at radius 1 is 1.40 bits per heavy atom. The monoisotopic (exact) mass is 273 g/mol. The van der Waals surface area contributed by atoms with Gasteiger partial charge in [-0.1, -0.05) is 6.07 Å². The fourth-order valence-corrected chi connectivity index (χ4v) is 1.92. The molecule has 0 spiro atoms. The molecule has 4 nitrogen and oxygen atoms in total. The Morgan fingerprint density at radius 2 is 2.15 bits per heavy atom. The maximum atomic E-state index is 9.92. The number of hydrogen-bond acceptors (Lipinski definition) is 3. The summed E-state index contributed by atoms with van der Waals surface area (Å²) >= 11 is 0. The van der Waals surface area contributed by atoms with Crippen LogP contribution in [0.2, 0.25) is 0 Å². The molecule has 2 rings (SSSR count). The van der Waals surface area contributed by atoms with E-state index in [1.54, 1.807) is 6.07 Å². The van der Waals surface area contributed by atoms with Crippen molar-refractivity contribution < 1.29 is 9.84 Å². The molecule has 1 aromatic carbocycles. The van der Waals surface area contributed by atoms with Crippen LogP contribution in [0.3, 0.4) is 0 Å². The van der Waals surface area contributed by atoms with Gasteiger partial charge in [-0.3, -0.25) is 0 Å². The van der Waals surface area contributed by atoms with Crippen molar-refractivity contribution in [2.75, 3.05) is 13.2 Å². The topological polar surface area (TPSA) is 57.3 Å². The van der Waals surface area contributed by atoms with Gasteiger partial charge in [-0.2, -0.15) is 0 Å². The van der Waals surface area contributed by atoms with E-state index in [0.717, 1.165) is 10.9 Å². The van der Waals surface area contributed by atoms with Crippen molar-refractivity contribution in [1.29, 1.82) is 0 Å². The summed E-state index contributed by atoms with van der Waals surface area (Å²) < 4.78 is 5.67. The van der Waals surface area contributed by atoms with E-state index >= 15 is 0 Å². The van der Waals surface area contributed by atoms with Crippen LogP contribution in [0.15, 0.2) is 24.3 Å². The third-order valence-electron chi connectivity index (χ3n) is 2.92. The zero-order valence-corrected chi connectivity index (χ0v) is 12.2. The van der Waals surface area contributed by atoms with Gasteiger partial charge in [0.15, 0.2) is 0 Å². The Bertz CT molecular complexity index is 569. The lowest BCUT2D eigenvalue weighted by Crippen LogP contribution is -2.42. The zero-order valence-electron chi connectivity index (χ0n) is 12.2. The van der Waals surface area contributed by atoms with Crippen LogP contribution in [0.4, 0.5) is 0 Å². The minimum absolute atomic E-state index is 0.0260. The van der Waals surface area contributed by atoms with Gasteiger partial charge < -0.3 is 20.1 Å². The van der Waals surface area contributed by atoms with Gasteiger partial charge in [0.25, 0.3) is 0 Å². The van der Waals surface area contributed by atoms with Crippen LogP contribution in [0.5, 0.6) is 5.75 Å². The standard InChI is InChI=1S/C16H21N2O2/c1-11-8-13-14(18-11)6-5-7-15(13)20-10-12(19)9-17-16(2,3)4/h5-8,12,17-19H,9-10H2,2-4H3. The summed E-state index contributed by atoms with van der Waals surface area (Å²) in [7, 11) is 0. The number of aliphatic hydroxyl groups excluding tert-OH is 1. The average Bonchev–Trinajstić information content (AvgIpc) is 2.73. The van der Waals surface area contributed by atoms with Crippen molar-refractivity contribution >= 4 is 10.9 Å². The molecule has 1 unspecified atom stereocenters. The predicted octanol–water partition coefficient (Wildman–Crippen LogP) is 2.23. The molecule has 107 valence electrons. The van der Waals surface area contributed by atoms with E-state index in [1.165, 1.54) is 0 Å². The maximum Gasteiger partial charge on any atom is 0.128 e. The van der Waals surface area contributed by atoms with Gasteiger partial charge in [0.1, 0.15) is 18.5 Å². The molecule has 4 heteroatoms. The lowest BCUT2D eigenvalue weighted by molar-refractivity contribution is 0.101. The van der Waals surface area contributed by atoms with E-state index in [0.29, 0.717) is 18.0 Å². The molecule has 0 aliphatic heterocycles. The number of aliphatic hydroxyl groups is 1. The lowest BCUT2D eigenvalue weighted by atomic mass is 10.1. The first-order valence-corrected chi connectivity index (χ1v) is 6.74. The summed E-state index contributed by atoms with van der Waals surface area (Å²) in [5, 5.41) is 14.0. The first-order chi connectivity index (χ1) is 9.35. The molecular weight excluding hydrogens is 252 g/mol. The van der Waals surface area contributed by atoms with E-state index in [1.807, 2.05) is 18.2 Å². The number of aromatic nitrogens is 1. The summed E-state index contributed by atoms with van der Waals surface area (Å²) in [5.74, 6) is 0.687. The first kappa shape index (κ1) is 14.9. The van der Waals surface area contributed by atoms with E-state index in [9.17, 15) is 5.11 Å². The molecule has 0 aliphatic rings. The predicted molar refractivity (Wildman–Crippen MR) is 79.9 cm³/mol. The lowest BCUT2D eigenvalue weighted by Gasteiger charge is -2.23. The van der Waals surface area contributed by atoms with Crippen LogP contribution in [0.25, 0.3) is 10.9 Å². The Kier molecular flexibility index (Phi) is 4.35. The molecule has 2 aromatic rings. The van der Waals surface area contributed by atoms with Crippen molar-refractivity contribution in [3.05, 3.63) is 36.9 Å². The number of rotatable bonds is 5. The number of β-amino-alcohol motifs (C(OH)–C–C–N with tert-alkyl or cyclic N) is 1. The van der Waals surface area contributed by atoms with Gasteiger partial charge in [-0.05, 0) is 39.0 Å². The molecule has 0 amide bonds. The highest BCUT2D eigenvalue weighted by Crippen LogP contribution is 2.26. The fraction of sp³-hybridized carbons (Fsp3) is 0.438. The van der Waals surface area contributed by atoms with Gasteiger partial charge in [0.2, 0.25) is 0 Å². The zero-order chi connectivity index (χ0) is 14.8. The highest BCUT2D eigenvalue weighted by atomic mass is 16.5. The van der Waals surface area contributed by atoms with E-state index in [2.05, 4.69) is 31.1 Å². The molecule has 0 fully saturated rings. The highest BCUT2D eigenvalue weighted by molar-refractivity contribution is 5.86. The van der Waals surface area contributed by atoms with Crippen LogP contribution >= 0.6 is 0 Å². The Labute approximate surface area is 120 Å². The summed E-state index contributed by atoms with van der Waals surface area (Å²) in [4.78, 5) is 2.94. The summed E-state index contributed by atoms with van der Waals surface area (Å²) in [5.41, 5.74) is 1.20. The van der Waals surface area contributed by atoms with Gasteiger partial charge in [-0.25, -0.2) is 0 Å². The third kappa shape index (κ3) is 3.99. The number of H-pyrrole nitrogens is 1. The van der Waals surface area contributed by atoms with E-state index in [4.69, 9.17) is 11.7 Å². The van der Waals surface area contributed by atoms with Crippen molar-refractivity contribution in [1.82, 2.24) is 10.3 Å². The first-order valence-electron chi connectivity index (χ1n) is 6.74. The van der Waals surface area contributed by atoms with Crippen LogP contribution in [-0.2, 0) is 0 Å². The summed E-state index contributed by atoms with van der Waals surface area (Å²) in [6.07, 6.45) is -0.570. The van der Waals surface area contributed by atoms with Crippen molar-refractivity contribution in [3.63, 3.8) is 0 Å². The van der Waals surface area contributed by atoms with Crippen molar-refractivity contribution in [3.8, 4) is 5.75 Å². The maximum absolute atomic E-state index is 9.92. The fourth-order valence-electron chi connectivity index (χ4n) is 1.92. The van der Waals surface area contributed by atoms with Crippen LogP contribution in [0, 0.1) is 6.92 Å². The summed E-state index contributed by atoms with van der Waals surface area (Å²) in [6, 6.07) is 7.34. The number of fused-ring (bicyclic) bond motifs is 1. The number of aromatic amines is 1. The molecule has 3 radical (unpaired) electrons. The van der Waals surface area contributed by atoms with Crippen molar-refractivity contribution in [2.45, 2.75) is 32.4 Å². The molecule has 1 atom stereocenters. The van der Waals surface area contributed by atoms with Gasteiger partial charge in [-0.15, -0.1) is 0 Å². The van der Waals surface area contributed by atoms with Gasteiger partial charge in [0, 0.05) is 35.6 Å². The molecule has 1 aromatic heterocycles. The Morgan fingerprint density at radius 3 is 2.85 bits per heavy atom. The number of ether oxygens (including phenoxy) is 1. The smallest absolute Gasteiger partial charge is 0.128 e. The largest absolute Gasteiger partial charge is 0.490 e. The number of nitrogens with one attached hydrogen (secondary N) is 2. The Balaban J connectivity index is 1.95. The second kappa shape index (κ2) is 5.85. The average molecular weight is 273 g/mol. The van der Waals surface area contributed by atoms with E-state index in [-0.39, 0.29) is 12.1 Å². The SMILES string of the molecule is [C]c1cc2c(OCC(O)CNC(C)(C)C)cccc2[nH]1. The molecule has 0 saturated carbocycles. The van der Waals surface area contributed by atoms with Gasteiger partial charge in [0.05, 0.1) is 0 Å². The number of benzene rings is 1. The number of hydrogen-bond donors (Lipinski definition) is 3. The normalized spacial score (nSPS) is 13.7. The molecule has 0 bridgehead atoms. The summed E-state index contributed by atoms with van der Waals surface area (Å²) in [6.45, 7) is 14.5. The second-order valence-electron chi connectivity index (χ2n) is 6.00. The molecule has 1 heterocycles. The van der Waals surface area contributed by atoms with Crippen molar-refractivity contribution in [2.24, 2.45) is 0 Å². The molecule has 0 aliphatic carbocycles. The van der Waals surface area contributed by atoms with Crippen LogP contribution in [0.1, 0.15) is 26.5 Å². The van der Waals surface area contributed by atoms with Crippen LogP contribution < -0.4 is 10.1 Å². The molecular formula is C16H21N2O2. The highest BCUT2D eigenvalue weighted by Gasteiger charge is 2.13. The molecule has 0 saturated heterocycles. The molecule has 3 N–H and O–H groups in total. The minimum Gasteiger partial charge on any atom is -0.490 e. The third-order valence-corrected chi connectivity index (χ3v) is 2.92. The van der Waals surface area contributed by atoms with Gasteiger partial charge >= 0.3 is 0 Å². The molecule has 20 heavy (non-hydrogen) atoms. The quantitative estimate of drug-likeness (QED) is 0.783. The second-order valence-corrected chi connectivity index (χ2v) is 6.00. The minimum atomic E-state index is -0.570.